The van der Waals surface area contributed by atoms with Crippen LogP contribution in [0.15, 0.2) is 84.9 Å². The van der Waals surface area contributed by atoms with Crippen molar-refractivity contribution in [1.29, 1.82) is 0 Å². The molecule has 3 aromatic rings. The lowest BCUT2D eigenvalue weighted by Gasteiger charge is -2.09. The topological polar surface area (TPSA) is 135 Å². The fourth-order valence-corrected chi connectivity index (χ4v) is 2.41. The minimum absolute atomic E-state index is 0.136. The van der Waals surface area contributed by atoms with E-state index in [0.29, 0.717) is 11.4 Å². The number of benzene rings is 3. The maximum Gasteiger partial charge on any atom is 0.436 e. The van der Waals surface area contributed by atoms with Gasteiger partial charge in [-0.05, 0) is 48.5 Å². The van der Waals surface area contributed by atoms with Crippen molar-refractivity contribution in [1.82, 2.24) is 11.0 Å². The second-order valence-electron chi connectivity index (χ2n) is 6.20. The molecule has 4 amide bonds. The first-order valence-corrected chi connectivity index (χ1v) is 9.28. The second kappa shape index (κ2) is 10.8. The van der Waals surface area contributed by atoms with Crippen LogP contribution in [0.1, 0.15) is 20.7 Å². The van der Waals surface area contributed by atoms with Crippen LogP contribution >= 0.6 is 0 Å². The third kappa shape index (κ3) is 6.59. The van der Waals surface area contributed by atoms with Gasteiger partial charge in [-0.15, -0.1) is 0 Å². The first-order chi connectivity index (χ1) is 15.5. The number of anilines is 2. The molecule has 0 aliphatic carbocycles. The molecule has 4 N–H and O–H groups in total. The normalized spacial score (nSPS) is 9.75. The van der Waals surface area contributed by atoms with E-state index in [-0.39, 0.29) is 11.1 Å². The molecule has 0 radical (unpaired) electrons. The van der Waals surface area contributed by atoms with Gasteiger partial charge in [-0.25, -0.2) is 9.59 Å². The van der Waals surface area contributed by atoms with Crippen molar-refractivity contribution in [2.45, 2.75) is 0 Å². The fraction of sp³-hybridized carbons (Fsp3) is 0. The standard InChI is InChI=1S/C22H18N4O6/c27-19(25-31-21(29)23-17-7-3-1-4-8-17)15-11-13-16(14-12-15)20(28)26-32-22(30)24-18-9-5-2-6-10-18/h1-14H,(H,23,29)(H,24,30)(H,25,27)(H,26,28). The number of para-hydroxylation sites is 2. The largest absolute Gasteiger partial charge is 0.436 e. The summed E-state index contributed by atoms with van der Waals surface area (Å²) in [6.45, 7) is 0. The number of amides is 4. The molecule has 10 nitrogen and oxygen atoms in total. The summed E-state index contributed by atoms with van der Waals surface area (Å²) in [5.74, 6) is -1.39. The molecule has 0 atom stereocenters. The van der Waals surface area contributed by atoms with Gasteiger partial charge < -0.3 is 9.68 Å². The lowest BCUT2D eigenvalue weighted by molar-refractivity contribution is 0.0610. The van der Waals surface area contributed by atoms with Gasteiger partial charge in [0.05, 0.1) is 0 Å². The summed E-state index contributed by atoms with van der Waals surface area (Å²) in [5.41, 5.74) is 5.28. The van der Waals surface area contributed by atoms with Gasteiger partial charge in [-0.2, -0.15) is 11.0 Å². The molecule has 3 aromatic carbocycles. The van der Waals surface area contributed by atoms with Crippen molar-refractivity contribution in [3.05, 3.63) is 96.1 Å². The van der Waals surface area contributed by atoms with Crippen molar-refractivity contribution >= 4 is 35.4 Å². The van der Waals surface area contributed by atoms with E-state index in [1.54, 1.807) is 60.7 Å². The smallest absolute Gasteiger partial charge is 0.321 e. The Labute approximate surface area is 182 Å². The van der Waals surface area contributed by atoms with Crippen LogP contribution in [0.5, 0.6) is 0 Å². The summed E-state index contributed by atoms with van der Waals surface area (Å²) in [7, 11) is 0. The van der Waals surface area contributed by atoms with Gasteiger partial charge in [-0.3, -0.25) is 20.2 Å². The van der Waals surface area contributed by atoms with E-state index in [2.05, 4.69) is 20.3 Å². The van der Waals surface area contributed by atoms with Gasteiger partial charge in [0.2, 0.25) is 0 Å². The van der Waals surface area contributed by atoms with Gasteiger partial charge in [0.25, 0.3) is 11.8 Å². The zero-order valence-corrected chi connectivity index (χ0v) is 16.5. The molecular formula is C22H18N4O6. The minimum atomic E-state index is -0.869. The Bertz CT molecular complexity index is 1000. The Balaban J connectivity index is 1.44. The van der Waals surface area contributed by atoms with Gasteiger partial charge in [0.1, 0.15) is 0 Å². The quantitative estimate of drug-likeness (QED) is 0.465. The van der Waals surface area contributed by atoms with E-state index in [1.807, 2.05) is 11.0 Å². The van der Waals surface area contributed by atoms with Crippen molar-refractivity contribution in [3.8, 4) is 0 Å². The molecule has 0 unspecified atom stereocenters. The van der Waals surface area contributed by atoms with Crippen LogP contribution in [0.25, 0.3) is 0 Å². The summed E-state index contributed by atoms with van der Waals surface area (Å²) in [4.78, 5) is 56.8. The molecule has 0 fully saturated rings. The Morgan fingerprint density at radius 3 is 1.19 bits per heavy atom. The SMILES string of the molecule is O=C(Nc1ccccc1)ONC(=O)c1ccc(C(=O)NOC(=O)Nc2ccccc2)cc1. The molecule has 0 saturated heterocycles. The lowest BCUT2D eigenvalue weighted by Crippen LogP contribution is -2.30. The first kappa shape index (κ1) is 21.8. The third-order valence-corrected chi connectivity index (χ3v) is 3.92. The molecule has 10 heteroatoms. The number of hydrogen-bond donors (Lipinski definition) is 4. The number of hydrogen-bond acceptors (Lipinski definition) is 6. The Kier molecular flexibility index (Phi) is 7.36. The van der Waals surface area contributed by atoms with Gasteiger partial charge >= 0.3 is 12.2 Å². The number of hydroxylamine groups is 2. The predicted octanol–water partition coefficient (Wildman–Crippen LogP) is 3.47. The number of nitrogens with one attached hydrogen (secondary N) is 4. The van der Waals surface area contributed by atoms with Crippen LogP contribution in [-0.4, -0.2) is 24.0 Å². The molecule has 0 aliphatic heterocycles. The summed E-state index contributed by atoms with van der Waals surface area (Å²) < 4.78 is 0. The summed E-state index contributed by atoms with van der Waals surface area (Å²) in [6.07, 6.45) is -1.74. The molecule has 3 rings (SSSR count). The fourth-order valence-electron chi connectivity index (χ4n) is 2.41. The molecule has 0 aliphatic rings. The zero-order chi connectivity index (χ0) is 22.8. The summed E-state index contributed by atoms with van der Waals surface area (Å²) in [5, 5.41) is 4.87. The van der Waals surface area contributed by atoms with E-state index in [1.165, 1.54) is 24.3 Å². The Hall–Kier alpha value is -4.86. The first-order valence-electron chi connectivity index (χ1n) is 9.28. The molecule has 0 spiro atoms. The van der Waals surface area contributed by atoms with Gasteiger partial charge in [-0.1, -0.05) is 36.4 Å². The molecular weight excluding hydrogens is 416 g/mol. The van der Waals surface area contributed by atoms with Crippen molar-refractivity contribution in [2.24, 2.45) is 0 Å². The summed E-state index contributed by atoms with van der Waals surface area (Å²) >= 11 is 0. The highest BCUT2D eigenvalue weighted by Gasteiger charge is 2.13. The molecule has 162 valence electrons. The Morgan fingerprint density at radius 2 is 0.844 bits per heavy atom. The average molecular weight is 434 g/mol. The maximum absolute atomic E-state index is 12.1. The number of carbonyl (C=O) groups excluding carboxylic acids is 4. The predicted molar refractivity (Wildman–Crippen MR) is 114 cm³/mol. The average Bonchev–Trinajstić information content (AvgIpc) is 2.82. The van der Waals surface area contributed by atoms with Crippen LogP contribution in [0.3, 0.4) is 0 Å². The lowest BCUT2D eigenvalue weighted by atomic mass is 10.1. The second-order valence-corrected chi connectivity index (χ2v) is 6.20. The Morgan fingerprint density at radius 1 is 0.500 bits per heavy atom. The van der Waals surface area contributed by atoms with E-state index in [4.69, 9.17) is 0 Å². The molecule has 0 aromatic heterocycles. The molecule has 0 bridgehead atoms. The third-order valence-electron chi connectivity index (χ3n) is 3.92. The summed E-state index contributed by atoms with van der Waals surface area (Å²) in [6, 6.07) is 22.5. The molecule has 32 heavy (non-hydrogen) atoms. The van der Waals surface area contributed by atoms with E-state index in [0.717, 1.165) is 0 Å². The molecule has 0 saturated carbocycles. The van der Waals surface area contributed by atoms with Gasteiger partial charge in [0, 0.05) is 22.5 Å². The molecule has 0 heterocycles. The van der Waals surface area contributed by atoms with E-state index in [9.17, 15) is 19.2 Å². The van der Waals surface area contributed by atoms with E-state index >= 15 is 0 Å². The highest BCUT2D eigenvalue weighted by Crippen LogP contribution is 2.07. The van der Waals surface area contributed by atoms with E-state index < -0.39 is 24.0 Å². The van der Waals surface area contributed by atoms with Gasteiger partial charge in [0.15, 0.2) is 0 Å². The highest BCUT2D eigenvalue weighted by molar-refractivity contribution is 5.98. The monoisotopic (exact) mass is 434 g/mol. The van der Waals surface area contributed by atoms with Crippen LogP contribution in [0.2, 0.25) is 0 Å². The number of rotatable bonds is 4. The number of carbonyl (C=O) groups is 4. The minimum Gasteiger partial charge on any atom is -0.321 e. The van der Waals surface area contributed by atoms with Crippen molar-refractivity contribution in [2.75, 3.05) is 10.6 Å². The van der Waals surface area contributed by atoms with Crippen LogP contribution in [-0.2, 0) is 9.68 Å². The van der Waals surface area contributed by atoms with Crippen LogP contribution in [0, 0.1) is 0 Å². The van der Waals surface area contributed by atoms with Crippen LogP contribution < -0.4 is 21.6 Å². The highest BCUT2D eigenvalue weighted by atomic mass is 16.7. The zero-order valence-electron chi connectivity index (χ0n) is 16.5. The van der Waals surface area contributed by atoms with Crippen molar-refractivity contribution < 1.29 is 28.9 Å². The van der Waals surface area contributed by atoms with Crippen molar-refractivity contribution in [3.63, 3.8) is 0 Å². The van der Waals surface area contributed by atoms with Crippen LogP contribution in [0.4, 0.5) is 21.0 Å². The maximum atomic E-state index is 12.1.